The number of nitrogens with zero attached hydrogens (tertiary/aromatic N) is 1. The summed E-state index contributed by atoms with van der Waals surface area (Å²) in [5.41, 5.74) is 0. The Hall–Kier alpha value is -1.89. The third-order valence-corrected chi connectivity index (χ3v) is 4.90. The van der Waals surface area contributed by atoms with Gasteiger partial charge >= 0.3 is 0 Å². The first kappa shape index (κ1) is 18.4. The standard InChI is InChI=1S/C17H25N3O3S/c1-12(2)15(21)18-8-9-19-16(22)13-6-3-4-10-20(13)17(23)14-7-5-11-24-14/h5,7,11-13H,3-4,6,8-10H2,1-2H3,(H,18,21)(H,19,22). The first-order valence-electron chi connectivity index (χ1n) is 8.40. The fourth-order valence-electron chi connectivity index (χ4n) is 2.68. The predicted octanol–water partition coefficient (Wildman–Crippen LogP) is 1.63. The lowest BCUT2D eigenvalue weighted by Gasteiger charge is -2.34. The highest BCUT2D eigenvalue weighted by Crippen LogP contribution is 2.21. The fraction of sp³-hybridized carbons (Fsp3) is 0.588. The summed E-state index contributed by atoms with van der Waals surface area (Å²) in [6, 6.07) is 3.21. The zero-order chi connectivity index (χ0) is 17.5. The van der Waals surface area contributed by atoms with Crippen LogP contribution in [-0.4, -0.2) is 48.3 Å². The van der Waals surface area contributed by atoms with Gasteiger partial charge in [-0.05, 0) is 30.7 Å². The molecule has 24 heavy (non-hydrogen) atoms. The highest BCUT2D eigenvalue weighted by Gasteiger charge is 2.32. The second-order valence-electron chi connectivity index (χ2n) is 6.22. The number of rotatable bonds is 6. The maximum Gasteiger partial charge on any atom is 0.264 e. The normalized spacial score (nSPS) is 17.6. The Morgan fingerprint density at radius 1 is 1.25 bits per heavy atom. The molecular weight excluding hydrogens is 326 g/mol. The van der Waals surface area contributed by atoms with Gasteiger partial charge in [-0.1, -0.05) is 19.9 Å². The number of thiophene rings is 1. The number of carbonyl (C=O) groups is 3. The summed E-state index contributed by atoms with van der Waals surface area (Å²) in [4.78, 5) is 38.8. The van der Waals surface area contributed by atoms with Gasteiger partial charge in [0.1, 0.15) is 6.04 Å². The number of nitrogens with one attached hydrogen (secondary N) is 2. The Kier molecular flexibility index (Phi) is 6.78. The highest BCUT2D eigenvalue weighted by molar-refractivity contribution is 7.12. The maximum absolute atomic E-state index is 12.6. The molecule has 1 aromatic heterocycles. The Morgan fingerprint density at radius 3 is 2.67 bits per heavy atom. The SMILES string of the molecule is CC(C)C(=O)NCCNC(=O)C1CCCCN1C(=O)c1cccs1. The van der Waals surface area contributed by atoms with E-state index in [0.717, 1.165) is 12.8 Å². The van der Waals surface area contributed by atoms with E-state index in [1.54, 1.807) is 11.0 Å². The van der Waals surface area contributed by atoms with E-state index >= 15 is 0 Å². The van der Waals surface area contributed by atoms with Crippen molar-refractivity contribution in [3.05, 3.63) is 22.4 Å². The van der Waals surface area contributed by atoms with Crippen molar-refractivity contribution in [2.45, 2.75) is 39.2 Å². The van der Waals surface area contributed by atoms with Crippen LogP contribution >= 0.6 is 11.3 Å². The molecule has 1 unspecified atom stereocenters. The fourth-order valence-corrected chi connectivity index (χ4v) is 3.36. The minimum absolute atomic E-state index is 0.0311. The molecule has 2 heterocycles. The monoisotopic (exact) mass is 351 g/mol. The van der Waals surface area contributed by atoms with Crippen molar-refractivity contribution in [2.24, 2.45) is 5.92 Å². The van der Waals surface area contributed by atoms with Crippen molar-refractivity contribution >= 4 is 29.1 Å². The molecular formula is C17H25N3O3S. The second kappa shape index (κ2) is 8.82. The van der Waals surface area contributed by atoms with Crippen molar-refractivity contribution in [1.29, 1.82) is 0 Å². The van der Waals surface area contributed by atoms with E-state index in [1.807, 2.05) is 25.3 Å². The Morgan fingerprint density at radius 2 is 2.00 bits per heavy atom. The third kappa shape index (κ3) is 4.80. The first-order chi connectivity index (χ1) is 11.5. The van der Waals surface area contributed by atoms with Gasteiger partial charge in [0, 0.05) is 25.6 Å². The second-order valence-corrected chi connectivity index (χ2v) is 7.17. The lowest BCUT2D eigenvalue weighted by atomic mass is 10.0. The maximum atomic E-state index is 12.6. The van der Waals surface area contributed by atoms with Crippen molar-refractivity contribution in [3.63, 3.8) is 0 Å². The van der Waals surface area contributed by atoms with Crippen LogP contribution in [0.5, 0.6) is 0 Å². The topological polar surface area (TPSA) is 78.5 Å². The van der Waals surface area contributed by atoms with Crippen LogP contribution in [0.15, 0.2) is 17.5 Å². The van der Waals surface area contributed by atoms with Crippen molar-refractivity contribution in [2.75, 3.05) is 19.6 Å². The molecule has 6 nitrogen and oxygen atoms in total. The van der Waals surface area contributed by atoms with Crippen LogP contribution in [-0.2, 0) is 9.59 Å². The van der Waals surface area contributed by atoms with Gasteiger partial charge in [0.15, 0.2) is 0 Å². The smallest absolute Gasteiger partial charge is 0.264 e. The Balaban J connectivity index is 1.86. The van der Waals surface area contributed by atoms with E-state index in [0.29, 0.717) is 30.9 Å². The van der Waals surface area contributed by atoms with Crippen molar-refractivity contribution in [3.8, 4) is 0 Å². The molecule has 3 amide bonds. The van der Waals surface area contributed by atoms with Gasteiger partial charge in [0.2, 0.25) is 11.8 Å². The first-order valence-corrected chi connectivity index (χ1v) is 9.28. The number of carbonyl (C=O) groups excluding carboxylic acids is 3. The molecule has 1 fully saturated rings. The molecule has 0 aromatic carbocycles. The Bertz CT molecular complexity index is 572. The van der Waals surface area contributed by atoms with Gasteiger partial charge in [-0.25, -0.2) is 0 Å². The molecule has 0 saturated carbocycles. The van der Waals surface area contributed by atoms with Crippen LogP contribution in [0.4, 0.5) is 0 Å². The molecule has 1 aliphatic rings. The van der Waals surface area contributed by atoms with Gasteiger partial charge in [-0.15, -0.1) is 11.3 Å². The van der Waals surface area contributed by atoms with Crippen molar-refractivity contribution < 1.29 is 14.4 Å². The van der Waals surface area contributed by atoms with Crippen LogP contribution in [0.1, 0.15) is 42.8 Å². The number of likely N-dealkylation sites (tertiary alicyclic amines) is 1. The molecule has 1 aromatic rings. The summed E-state index contributed by atoms with van der Waals surface area (Å²) in [5, 5.41) is 7.46. The van der Waals surface area contributed by atoms with Gasteiger partial charge in [-0.2, -0.15) is 0 Å². The van der Waals surface area contributed by atoms with Crippen LogP contribution in [0.2, 0.25) is 0 Å². The van der Waals surface area contributed by atoms with Crippen LogP contribution in [0, 0.1) is 5.92 Å². The van der Waals surface area contributed by atoms with Gasteiger partial charge in [0.05, 0.1) is 4.88 Å². The molecule has 0 aliphatic carbocycles. The summed E-state index contributed by atoms with van der Waals surface area (Å²) in [7, 11) is 0. The number of hydrogen-bond acceptors (Lipinski definition) is 4. The molecule has 2 rings (SSSR count). The minimum Gasteiger partial charge on any atom is -0.354 e. The quantitative estimate of drug-likeness (QED) is 0.765. The van der Waals surface area contributed by atoms with Gasteiger partial charge in [0.25, 0.3) is 5.91 Å². The van der Waals surface area contributed by atoms with E-state index in [2.05, 4.69) is 10.6 Å². The summed E-state index contributed by atoms with van der Waals surface area (Å²) in [6.07, 6.45) is 2.54. The number of hydrogen-bond donors (Lipinski definition) is 2. The average Bonchev–Trinajstić information content (AvgIpc) is 3.12. The Labute approximate surface area is 146 Å². The zero-order valence-electron chi connectivity index (χ0n) is 14.2. The molecule has 1 atom stereocenters. The van der Waals surface area contributed by atoms with Gasteiger partial charge < -0.3 is 15.5 Å². The summed E-state index contributed by atoms with van der Waals surface area (Å²) < 4.78 is 0. The van der Waals surface area contributed by atoms with E-state index in [4.69, 9.17) is 0 Å². The van der Waals surface area contributed by atoms with E-state index < -0.39 is 6.04 Å². The zero-order valence-corrected chi connectivity index (χ0v) is 15.0. The minimum atomic E-state index is -0.422. The molecule has 2 N–H and O–H groups in total. The summed E-state index contributed by atoms with van der Waals surface area (Å²) in [6.45, 7) is 5.02. The molecule has 0 radical (unpaired) electrons. The average molecular weight is 351 g/mol. The summed E-state index contributed by atoms with van der Waals surface area (Å²) >= 11 is 1.40. The van der Waals surface area contributed by atoms with Crippen LogP contribution in [0.25, 0.3) is 0 Å². The lowest BCUT2D eigenvalue weighted by molar-refractivity contribution is -0.127. The van der Waals surface area contributed by atoms with Crippen LogP contribution in [0.3, 0.4) is 0 Å². The molecule has 1 aliphatic heterocycles. The molecule has 0 spiro atoms. The number of piperidine rings is 1. The van der Waals surface area contributed by atoms with E-state index in [-0.39, 0.29) is 23.6 Å². The largest absolute Gasteiger partial charge is 0.354 e. The lowest BCUT2D eigenvalue weighted by Crippen LogP contribution is -2.52. The molecule has 1 saturated heterocycles. The summed E-state index contributed by atoms with van der Waals surface area (Å²) in [5.74, 6) is -0.314. The molecule has 0 bridgehead atoms. The highest BCUT2D eigenvalue weighted by atomic mass is 32.1. The van der Waals surface area contributed by atoms with E-state index in [1.165, 1.54) is 11.3 Å². The third-order valence-electron chi connectivity index (χ3n) is 4.05. The predicted molar refractivity (Wildman–Crippen MR) is 93.9 cm³/mol. The van der Waals surface area contributed by atoms with Crippen molar-refractivity contribution in [1.82, 2.24) is 15.5 Å². The van der Waals surface area contributed by atoms with E-state index in [9.17, 15) is 14.4 Å². The molecule has 132 valence electrons. The molecule has 7 heteroatoms. The van der Waals surface area contributed by atoms with Crippen LogP contribution < -0.4 is 10.6 Å². The number of amides is 3. The van der Waals surface area contributed by atoms with Gasteiger partial charge in [-0.3, -0.25) is 14.4 Å².